The SMILES string of the molecule is Br.FC1=C2C=CC(=C1F)C2F. The van der Waals surface area contributed by atoms with Gasteiger partial charge in [-0.25, -0.2) is 13.2 Å². The minimum atomic E-state index is -1.56. The first-order valence-corrected chi connectivity index (χ1v) is 2.83. The highest BCUT2D eigenvalue weighted by atomic mass is 79.9. The molecule has 0 aromatic carbocycles. The molecule has 2 bridgehead atoms. The highest BCUT2D eigenvalue weighted by Gasteiger charge is 2.36. The van der Waals surface area contributed by atoms with Crippen LogP contribution in [0.3, 0.4) is 0 Å². The number of halogens is 4. The second-order valence-electron chi connectivity index (χ2n) is 2.23. The van der Waals surface area contributed by atoms with E-state index in [0.29, 0.717) is 0 Å². The van der Waals surface area contributed by atoms with Crippen LogP contribution in [0.4, 0.5) is 13.2 Å². The molecule has 60 valence electrons. The van der Waals surface area contributed by atoms with Gasteiger partial charge < -0.3 is 0 Å². The van der Waals surface area contributed by atoms with E-state index in [1.54, 1.807) is 0 Å². The summed E-state index contributed by atoms with van der Waals surface area (Å²) in [5.41, 5.74) is -0.347. The van der Waals surface area contributed by atoms with Crippen LogP contribution in [0, 0.1) is 0 Å². The lowest BCUT2D eigenvalue weighted by atomic mass is 10.2. The third-order valence-electron chi connectivity index (χ3n) is 1.69. The van der Waals surface area contributed by atoms with E-state index in [2.05, 4.69) is 0 Å². The molecule has 0 nitrogen and oxygen atoms in total. The molecule has 2 aliphatic carbocycles. The van der Waals surface area contributed by atoms with Gasteiger partial charge in [-0.15, -0.1) is 17.0 Å². The molecule has 11 heavy (non-hydrogen) atoms. The maximum absolute atomic E-state index is 12.6. The van der Waals surface area contributed by atoms with Crippen LogP contribution >= 0.6 is 17.0 Å². The monoisotopic (exact) mass is 224 g/mol. The molecule has 0 saturated carbocycles. The molecule has 0 unspecified atom stereocenters. The molecule has 0 aliphatic heterocycles. The summed E-state index contributed by atoms with van der Waals surface area (Å²) in [7, 11) is 0. The third-order valence-corrected chi connectivity index (χ3v) is 1.69. The van der Waals surface area contributed by atoms with Crippen LogP contribution in [0.25, 0.3) is 0 Å². The molecular formula is C7H4BrF3. The second-order valence-corrected chi connectivity index (χ2v) is 2.23. The van der Waals surface area contributed by atoms with Crippen molar-refractivity contribution in [3.63, 3.8) is 0 Å². The van der Waals surface area contributed by atoms with Crippen molar-refractivity contribution < 1.29 is 13.2 Å². The molecule has 0 atom stereocenters. The van der Waals surface area contributed by atoms with Crippen LogP contribution in [0.5, 0.6) is 0 Å². The minimum Gasteiger partial charge on any atom is -0.237 e. The van der Waals surface area contributed by atoms with Crippen molar-refractivity contribution in [3.8, 4) is 0 Å². The zero-order valence-corrected chi connectivity index (χ0v) is 6.99. The van der Waals surface area contributed by atoms with Crippen LogP contribution in [-0.2, 0) is 0 Å². The van der Waals surface area contributed by atoms with Crippen molar-refractivity contribution >= 4 is 17.0 Å². The molecular weight excluding hydrogens is 221 g/mol. The van der Waals surface area contributed by atoms with Gasteiger partial charge in [-0.2, -0.15) is 0 Å². The normalized spacial score (nSPS) is 21.7. The van der Waals surface area contributed by atoms with Crippen molar-refractivity contribution in [2.75, 3.05) is 0 Å². The molecule has 0 N–H and O–H groups in total. The average molecular weight is 225 g/mol. The maximum atomic E-state index is 12.6. The molecule has 0 amide bonds. The Kier molecular flexibility index (Phi) is 1.96. The van der Waals surface area contributed by atoms with Crippen LogP contribution in [0.2, 0.25) is 0 Å². The minimum absolute atomic E-state index is 0. The molecule has 2 rings (SSSR count). The van der Waals surface area contributed by atoms with Crippen molar-refractivity contribution in [1.29, 1.82) is 0 Å². The summed E-state index contributed by atoms with van der Waals surface area (Å²) < 4.78 is 37.5. The Balaban J connectivity index is 0.000000605. The lowest BCUT2D eigenvalue weighted by Crippen LogP contribution is -1.93. The van der Waals surface area contributed by atoms with Gasteiger partial charge in [-0.3, -0.25) is 0 Å². The Labute approximate surface area is 71.9 Å². The fraction of sp³-hybridized carbons (Fsp3) is 0.143. The smallest absolute Gasteiger partial charge is 0.165 e. The number of alkyl halides is 1. The van der Waals surface area contributed by atoms with E-state index in [-0.39, 0.29) is 28.1 Å². The van der Waals surface area contributed by atoms with E-state index in [0.717, 1.165) is 0 Å². The van der Waals surface area contributed by atoms with Gasteiger partial charge in [0.15, 0.2) is 17.8 Å². The van der Waals surface area contributed by atoms with E-state index in [4.69, 9.17) is 0 Å². The lowest BCUT2D eigenvalue weighted by Gasteiger charge is -1.91. The zero-order chi connectivity index (χ0) is 7.30. The summed E-state index contributed by atoms with van der Waals surface area (Å²) in [6.07, 6.45) is 0.969. The largest absolute Gasteiger partial charge is 0.237 e. The Morgan fingerprint density at radius 3 is 1.55 bits per heavy atom. The number of hydrogen-bond acceptors (Lipinski definition) is 0. The van der Waals surface area contributed by atoms with Crippen LogP contribution < -0.4 is 0 Å². The van der Waals surface area contributed by atoms with Crippen LogP contribution in [0.15, 0.2) is 35.0 Å². The van der Waals surface area contributed by atoms with Gasteiger partial charge >= 0.3 is 0 Å². The fourth-order valence-electron chi connectivity index (χ4n) is 1.14. The first-order valence-electron chi connectivity index (χ1n) is 2.83. The summed E-state index contributed by atoms with van der Waals surface area (Å²) in [6.45, 7) is 0. The molecule has 0 aromatic heterocycles. The first kappa shape index (κ1) is 8.59. The summed E-state index contributed by atoms with van der Waals surface area (Å²) in [5.74, 6) is -2.07. The summed E-state index contributed by atoms with van der Waals surface area (Å²) >= 11 is 0. The molecule has 0 heterocycles. The maximum Gasteiger partial charge on any atom is 0.165 e. The average Bonchev–Trinajstić information content (AvgIpc) is 2.34. The predicted octanol–water partition coefficient (Wildman–Crippen LogP) is 2.93. The van der Waals surface area contributed by atoms with Gasteiger partial charge in [0.2, 0.25) is 0 Å². The molecule has 0 radical (unpaired) electrons. The summed E-state index contributed by atoms with van der Waals surface area (Å²) in [6, 6.07) is 0. The van der Waals surface area contributed by atoms with Crippen molar-refractivity contribution in [3.05, 3.63) is 35.0 Å². The van der Waals surface area contributed by atoms with Crippen LogP contribution in [-0.4, -0.2) is 6.17 Å². The van der Waals surface area contributed by atoms with Crippen molar-refractivity contribution in [1.82, 2.24) is 0 Å². The van der Waals surface area contributed by atoms with E-state index in [1.165, 1.54) is 12.2 Å². The molecule has 0 spiro atoms. The molecule has 4 heteroatoms. The number of fused-ring (bicyclic) bond motifs is 2. The lowest BCUT2D eigenvalue weighted by molar-refractivity contribution is 0.449. The Morgan fingerprint density at radius 2 is 1.36 bits per heavy atom. The van der Waals surface area contributed by atoms with Crippen LogP contribution in [0.1, 0.15) is 0 Å². The van der Waals surface area contributed by atoms with E-state index in [9.17, 15) is 13.2 Å². The summed E-state index contributed by atoms with van der Waals surface area (Å²) in [4.78, 5) is 0. The van der Waals surface area contributed by atoms with Gasteiger partial charge in [0.25, 0.3) is 0 Å². The summed E-state index contributed by atoms with van der Waals surface area (Å²) in [5, 5.41) is 0. The molecule has 0 aromatic rings. The van der Waals surface area contributed by atoms with Crippen molar-refractivity contribution in [2.45, 2.75) is 6.17 Å². The van der Waals surface area contributed by atoms with Gasteiger partial charge in [0.05, 0.1) is 0 Å². The van der Waals surface area contributed by atoms with Gasteiger partial charge in [-0.05, 0) is 0 Å². The quantitative estimate of drug-likeness (QED) is 0.594. The fourth-order valence-corrected chi connectivity index (χ4v) is 1.14. The second kappa shape index (κ2) is 2.52. The number of allylic oxidation sites excluding steroid dienone is 6. The Hall–Kier alpha value is -0.510. The highest BCUT2D eigenvalue weighted by Crippen LogP contribution is 2.42. The number of hydrogen-bond donors (Lipinski definition) is 0. The first-order chi connectivity index (χ1) is 4.72. The third kappa shape index (κ3) is 0.888. The zero-order valence-electron chi connectivity index (χ0n) is 5.27. The van der Waals surface area contributed by atoms with E-state index < -0.39 is 17.8 Å². The predicted molar refractivity (Wildman–Crippen MR) is 40.6 cm³/mol. The van der Waals surface area contributed by atoms with E-state index in [1.807, 2.05) is 0 Å². The van der Waals surface area contributed by atoms with Gasteiger partial charge in [0, 0.05) is 11.1 Å². The van der Waals surface area contributed by atoms with Gasteiger partial charge in [-0.1, -0.05) is 12.2 Å². The highest BCUT2D eigenvalue weighted by molar-refractivity contribution is 8.93. The Bertz CT molecular complexity index is 255. The standard InChI is InChI=1S/C7H3F3.BrH/c8-5-3-1-2-4(5)7(10)6(3)9;/h1-2,5H;1H. The van der Waals surface area contributed by atoms with E-state index >= 15 is 0 Å². The topological polar surface area (TPSA) is 0 Å². The molecule has 0 fully saturated rings. The molecule has 0 saturated heterocycles. The van der Waals surface area contributed by atoms with Gasteiger partial charge in [0.1, 0.15) is 0 Å². The Morgan fingerprint density at radius 1 is 1.00 bits per heavy atom. The number of rotatable bonds is 0. The van der Waals surface area contributed by atoms with Crippen molar-refractivity contribution in [2.24, 2.45) is 0 Å². The molecule has 2 aliphatic rings.